The Morgan fingerprint density at radius 2 is 1.96 bits per heavy atom. The molecule has 5 heteroatoms. The van der Waals surface area contributed by atoms with Gasteiger partial charge in [0.05, 0.1) is 25.0 Å². The highest BCUT2D eigenvalue weighted by Gasteiger charge is 2.27. The molecule has 3 aromatic rings. The molecule has 0 saturated carbocycles. The number of aromatic hydroxyl groups is 1. The summed E-state index contributed by atoms with van der Waals surface area (Å²) in [5, 5.41) is 10.1. The molecule has 2 aromatic carbocycles. The Labute approximate surface area is 157 Å². The van der Waals surface area contributed by atoms with Crippen molar-refractivity contribution in [1.29, 1.82) is 0 Å². The van der Waals surface area contributed by atoms with Crippen LogP contribution >= 0.6 is 0 Å². The summed E-state index contributed by atoms with van der Waals surface area (Å²) in [6.45, 7) is 2.85. The van der Waals surface area contributed by atoms with E-state index >= 15 is 0 Å². The lowest BCUT2D eigenvalue weighted by molar-refractivity contribution is 0.0527. The number of benzene rings is 2. The number of hydrogen-bond acceptors (Lipinski definition) is 4. The largest absolute Gasteiger partial charge is 0.504 e. The highest BCUT2D eigenvalue weighted by atomic mass is 16.5. The fourth-order valence-electron chi connectivity index (χ4n) is 3.73. The number of methoxy groups -OCH3 is 1. The number of carbonyl (C=O) groups is 1. The minimum Gasteiger partial charge on any atom is -0.504 e. The van der Waals surface area contributed by atoms with E-state index in [0.717, 1.165) is 41.0 Å². The predicted octanol–water partition coefficient (Wildman–Crippen LogP) is 4.27. The molecule has 0 amide bonds. The molecule has 4 rings (SSSR count). The number of hydrogen-bond donors (Lipinski definition) is 1. The Bertz CT molecular complexity index is 1000. The van der Waals surface area contributed by atoms with Crippen molar-refractivity contribution in [1.82, 2.24) is 4.57 Å². The summed E-state index contributed by atoms with van der Waals surface area (Å²) in [6.07, 6.45) is 0.761. The number of phenols is 1. The number of aromatic nitrogens is 1. The SMILES string of the molecule is CCOC(=O)c1cc2n(c1-c1ccccc1)CCc1cc(O)c(OC)cc1-2. The zero-order valence-corrected chi connectivity index (χ0v) is 15.4. The van der Waals surface area contributed by atoms with Gasteiger partial charge < -0.3 is 19.1 Å². The highest BCUT2D eigenvalue weighted by Crippen LogP contribution is 2.42. The van der Waals surface area contributed by atoms with Gasteiger partial charge in [0.2, 0.25) is 0 Å². The number of phenolic OH excluding ortho intramolecular Hbond substituents is 1. The van der Waals surface area contributed by atoms with Crippen LogP contribution in [0.3, 0.4) is 0 Å². The number of esters is 1. The van der Waals surface area contributed by atoms with Crippen molar-refractivity contribution >= 4 is 5.97 Å². The summed E-state index contributed by atoms with van der Waals surface area (Å²) < 4.78 is 12.7. The van der Waals surface area contributed by atoms with Crippen LogP contribution in [0.1, 0.15) is 22.8 Å². The summed E-state index contributed by atoms with van der Waals surface area (Å²) in [7, 11) is 1.53. The summed E-state index contributed by atoms with van der Waals surface area (Å²) in [5.41, 5.74) is 5.31. The average Bonchev–Trinajstić information content (AvgIpc) is 3.08. The number of aryl methyl sites for hydroxylation is 1. The molecule has 138 valence electrons. The summed E-state index contributed by atoms with van der Waals surface area (Å²) >= 11 is 0. The Balaban J connectivity index is 1.96. The van der Waals surface area contributed by atoms with Crippen LogP contribution in [-0.4, -0.2) is 29.4 Å². The standard InChI is InChI=1S/C22H21NO4/c1-3-27-22(25)17-12-18-16-13-20(26-2)19(24)11-15(16)9-10-23(18)21(17)14-7-5-4-6-8-14/h4-8,11-13,24H,3,9-10H2,1-2H3. The van der Waals surface area contributed by atoms with E-state index in [4.69, 9.17) is 9.47 Å². The second-order valence-electron chi connectivity index (χ2n) is 6.46. The first kappa shape index (κ1) is 17.2. The highest BCUT2D eigenvalue weighted by molar-refractivity contribution is 5.99. The van der Waals surface area contributed by atoms with Crippen molar-refractivity contribution in [3.8, 4) is 34.0 Å². The third kappa shape index (κ3) is 2.85. The van der Waals surface area contributed by atoms with Crippen LogP contribution in [0.4, 0.5) is 0 Å². The third-order valence-corrected chi connectivity index (χ3v) is 4.92. The van der Waals surface area contributed by atoms with Gasteiger partial charge in [-0.05, 0) is 42.7 Å². The quantitative estimate of drug-likeness (QED) is 0.703. The van der Waals surface area contributed by atoms with Gasteiger partial charge in [-0.2, -0.15) is 0 Å². The fourth-order valence-corrected chi connectivity index (χ4v) is 3.73. The van der Waals surface area contributed by atoms with Crippen LogP contribution in [0.2, 0.25) is 0 Å². The molecule has 0 spiro atoms. The van der Waals surface area contributed by atoms with Crippen LogP contribution in [0, 0.1) is 0 Å². The van der Waals surface area contributed by atoms with E-state index in [1.165, 1.54) is 7.11 Å². The molecule has 27 heavy (non-hydrogen) atoms. The zero-order chi connectivity index (χ0) is 19.0. The van der Waals surface area contributed by atoms with Crippen molar-refractivity contribution in [3.63, 3.8) is 0 Å². The maximum atomic E-state index is 12.6. The molecule has 0 atom stereocenters. The van der Waals surface area contributed by atoms with Gasteiger partial charge in [0, 0.05) is 17.8 Å². The second kappa shape index (κ2) is 6.83. The molecular formula is C22H21NO4. The van der Waals surface area contributed by atoms with E-state index < -0.39 is 0 Å². The van der Waals surface area contributed by atoms with E-state index in [2.05, 4.69) is 4.57 Å². The molecule has 0 radical (unpaired) electrons. The maximum Gasteiger partial charge on any atom is 0.340 e. The van der Waals surface area contributed by atoms with E-state index in [1.54, 1.807) is 13.0 Å². The molecular weight excluding hydrogens is 342 g/mol. The lowest BCUT2D eigenvalue weighted by atomic mass is 9.97. The van der Waals surface area contributed by atoms with Crippen molar-refractivity contribution in [3.05, 3.63) is 59.7 Å². The van der Waals surface area contributed by atoms with Crippen molar-refractivity contribution < 1.29 is 19.4 Å². The van der Waals surface area contributed by atoms with Crippen LogP contribution < -0.4 is 4.74 Å². The van der Waals surface area contributed by atoms with Gasteiger partial charge in [-0.15, -0.1) is 0 Å². The molecule has 0 bridgehead atoms. The molecule has 0 saturated heterocycles. The molecule has 5 nitrogen and oxygen atoms in total. The number of ether oxygens (including phenoxy) is 2. The molecule has 1 aliphatic rings. The molecule has 2 heterocycles. The summed E-state index contributed by atoms with van der Waals surface area (Å²) in [6, 6.07) is 15.3. The van der Waals surface area contributed by atoms with Crippen LogP contribution in [0.15, 0.2) is 48.5 Å². The minimum absolute atomic E-state index is 0.130. The molecule has 0 aliphatic carbocycles. The van der Waals surface area contributed by atoms with Crippen LogP contribution in [0.5, 0.6) is 11.5 Å². The van der Waals surface area contributed by atoms with Crippen molar-refractivity contribution in [2.45, 2.75) is 19.9 Å². The smallest absolute Gasteiger partial charge is 0.340 e. The van der Waals surface area contributed by atoms with E-state index in [-0.39, 0.29) is 11.7 Å². The molecule has 1 aliphatic heterocycles. The van der Waals surface area contributed by atoms with Gasteiger partial charge in [-0.25, -0.2) is 4.79 Å². The fraction of sp³-hybridized carbons (Fsp3) is 0.227. The number of fused-ring (bicyclic) bond motifs is 3. The van der Waals surface area contributed by atoms with Crippen molar-refractivity contribution in [2.75, 3.05) is 13.7 Å². The molecule has 0 unspecified atom stereocenters. The molecule has 0 fully saturated rings. The average molecular weight is 363 g/mol. The van der Waals surface area contributed by atoms with Crippen LogP contribution in [0.25, 0.3) is 22.5 Å². The van der Waals surface area contributed by atoms with Gasteiger partial charge in [-0.3, -0.25) is 0 Å². The third-order valence-electron chi connectivity index (χ3n) is 4.92. The summed E-state index contributed by atoms with van der Waals surface area (Å²) in [5.74, 6) is 0.220. The lowest BCUT2D eigenvalue weighted by Crippen LogP contribution is -2.12. The number of nitrogens with zero attached hydrogens (tertiary/aromatic N) is 1. The Morgan fingerprint density at radius 3 is 2.67 bits per heavy atom. The zero-order valence-electron chi connectivity index (χ0n) is 15.4. The van der Waals surface area contributed by atoms with Gasteiger partial charge >= 0.3 is 5.97 Å². The Kier molecular flexibility index (Phi) is 4.36. The monoisotopic (exact) mass is 363 g/mol. The van der Waals surface area contributed by atoms with Gasteiger partial charge in [0.1, 0.15) is 0 Å². The molecule has 1 aromatic heterocycles. The van der Waals surface area contributed by atoms with Gasteiger partial charge in [0.15, 0.2) is 11.5 Å². The van der Waals surface area contributed by atoms with Crippen LogP contribution in [-0.2, 0) is 17.7 Å². The number of rotatable bonds is 4. The van der Waals surface area contributed by atoms with Gasteiger partial charge in [0.25, 0.3) is 0 Å². The lowest BCUT2D eigenvalue weighted by Gasteiger charge is -2.22. The van der Waals surface area contributed by atoms with Gasteiger partial charge in [-0.1, -0.05) is 30.3 Å². The first-order valence-corrected chi connectivity index (χ1v) is 9.00. The van der Waals surface area contributed by atoms with E-state index in [0.29, 0.717) is 17.9 Å². The van der Waals surface area contributed by atoms with E-state index in [9.17, 15) is 9.90 Å². The summed E-state index contributed by atoms with van der Waals surface area (Å²) in [4.78, 5) is 12.6. The molecule has 1 N–H and O–H groups in total. The minimum atomic E-state index is -0.328. The first-order chi connectivity index (χ1) is 13.1. The van der Waals surface area contributed by atoms with E-state index in [1.807, 2.05) is 42.5 Å². The predicted molar refractivity (Wildman–Crippen MR) is 103 cm³/mol. The normalized spacial score (nSPS) is 12.2. The van der Waals surface area contributed by atoms with Crippen molar-refractivity contribution in [2.24, 2.45) is 0 Å². The second-order valence-corrected chi connectivity index (χ2v) is 6.46. The topological polar surface area (TPSA) is 60.7 Å². The Morgan fingerprint density at radius 1 is 1.19 bits per heavy atom. The number of carbonyl (C=O) groups excluding carboxylic acids is 1. The Hall–Kier alpha value is -3.21. The maximum absolute atomic E-state index is 12.6. The first-order valence-electron chi connectivity index (χ1n) is 9.00.